The first-order valence-electron chi connectivity index (χ1n) is 9.46. The van der Waals surface area contributed by atoms with Gasteiger partial charge in [0, 0.05) is 6.54 Å². The molecule has 0 bridgehead atoms. The third-order valence-corrected chi connectivity index (χ3v) is 5.86. The third kappa shape index (κ3) is 4.35. The van der Waals surface area contributed by atoms with E-state index in [1.807, 2.05) is 32.0 Å². The SMILES string of the molecule is CCOC(=O)[C@H]1CCCCN1C(=O)CSc1nnnn1-c1cccc(C)c1C. The summed E-state index contributed by atoms with van der Waals surface area (Å²) in [5.74, 6) is -0.250. The lowest BCUT2D eigenvalue weighted by molar-refractivity contribution is -0.155. The molecule has 1 aromatic heterocycles. The maximum atomic E-state index is 12.8. The van der Waals surface area contributed by atoms with Gasteiger partial charge < -0.3 is 9.64 Å². The predicted octanol–water partition coefficient (Wildman–Crippen LogP) is 2.32. The molecule has 0 N–H and O–H groups in total. The van der Waals surface area contributed by atoms with Gasteiger partial charge in [-0.25, -0.2) is 4.79 Å². The maximum absolute atomic E-state index is 12.8. The fraction of sp³-hybridized carbons (Fsp3) is 0.526. The molecule has 0 radical (unpaired) electrons. The van der Waals surface area contributed by atoms with Crippen molar-refractivity contribution in [3.05, 3.63) is 29.3 Å². The van der Waals surface area contributed by atoms with Crippen LogP contribution in [0.1, 0.15) is 37.3 Å². The van der Waals surface area contributed by atoms with E-state index < -0.39 is 6.04 Å². The molecule has 1 atom stereocenters. The van der Waals surface area contributed by atoms with Gasteiger partial charge in [0.2, 0.25) is 11.1 Å². The summed E-state index contributed by atoms with van der Waals surface area (Å²) < 4.78 is 6.79. The van der Waals surface area contributed by atoms with Crippen molar-refractivity contribution in [1.29, 1.82) is 0 Å². The summed E-state index contributed by atoms with van der Waals surface area (Å²) in [6.45, 7) is 6.71. The van der Waals surface area contributed by atoms with Gasteiger partial charge in [-0.05, 0) is 67.7 Å². The Labute approximate surface area is 168 Å². The van der Waals surface area contributed by atoms with Crippen LogP contribution >= 0.6 is 11.8 Å². The minimum absolute atomic E-state index is 0.0988. The quantitative estimate of drug-likeness (QED) is 0.540. The van der Waals surface area contributed by atoms with Crippen LogP contribution in [-0.2, 0) is 14.3 Å². The number of carbonyl (C=O) groups is 2. The van der Waals surface area contributed by atoms with Crippen molar-refractivity contribution >= 4 is 23.6 Å². The Morgan fingerprint density at radius 1 is 1.29 bits per heavy atom. The molecule has 1 saturated heterocycles. The first kappa shape index (κ1) is 20.3. The van der Waals surface area contributed by atoms with Gasteiger partial charge in [-0.2, -0.15) is 4.68 Å². The van der Waals surface area contributed by atoms with Crippen LogP contribution in [0, 0.1) is 13.8 Å². The highest BCUT2D eigenvalue weighted by molar-refractivity contribution is 7.99. The third-order valence-electron chi connectivity index (χ3n) is 4.95. The second kappa shape index (κ2) is 9.18. The summed E-state index contributed by atoms with van der Waals surface area (Å²) in [6, 6.07) is 5.45. The van der Waals surface area contributed by atoms with Crippen LogP contribution in [0.2, 0.25) is 0 Å². The summed E-state index contributed by atoms with van der Waals surface area (Å²) in [5.41, 5.74) is 3.12. The first-order valence-corrected chi connectivity index (χ1v) is 10.4. The molecule has 2 heterocycles. The number of hydrogen-bond acceptors (Lipinski definition) is 7. The van der Waals surface area contributed by atoms with Crippen LogP contribution in [-0.4, -0.2) is 61.9 Å². The molecule has 0 aliphatic carbocycles. The van der Waals surface area contributed by atoms with Crippen molar-refractivity contribution in [1.82, 2.24) is 25.1 Å². The summed E-state index contributed by atoms with van der Waals surface area (Å²) in [4.78, 5) is 26.6. The number of nitrogens with zero attached hydrogens (tertiary/aromatic N) is 5. The van der Waals surface area contributed by atoms with Crippen molar-refractivity contribution in [3.63, 3.8) is 0 Å². The van der Waals surface area contributed by atoms with Crippen LogP contribution in [0.3, 0.4) is 0 Å². The normalized spacial score (nSPS) is 16.8. The van der Waals surface area contributed by atoms with E-state index in [4.69, 9.17) is 4.74 Å². The van der Waals surface area contributed by atoms with Gasteiger partial charge in [-0.3, -0.25) is 4.79 Å². The van der Waals surface area contributed by atoms with E-state index in [0.29, 0.717) is 24.7 Å². The minimum atomic E-state index is -0.489. The van der Waals surface area contributed by atoms with E-state index in [1.165, 1.54) is 11.8 Å². The number of carbonyl (C=O) groups excluding carboxylic acids is 2. The number of benzene rings is 1. The van der Waals surface area contributed by atoms with Gasteiger partial charge in [0.05, 0.1) is 18.0 Å². The number of aromatic nitrogens is 4. The Morgan fingerprint density at radius 3 is 2.89 bits per heavy atom. The molecule has 0 spiro atoms. The van der Waals surface area contributed by atoms with Gasteiger partial charge in [0.15, 0.2) is 0 Å². The Morgan fingerprint density at radius 2 is 2.11 bits per heavy atom. The molecule has 1 aliphatic rings. The van der Waals surface area contributed by atoms with Gasteiger partial charge in [0.1, 0.15) is 6.04 Å². The molecule has 1 fully saturated rings. The molecule has 2 aromatic rings. The molecule has 0 saturated carbocycles. The van der Waals surface area contributed by atoms with E-state index in [9.17, 15) is 9.59 Å². The summed E-state index contributed by atoms with van der Waals surface area (Å²) >= 11 is 1.28. The van der Waals surface area contributed by atoms with E-state index in [0.717, 1.165) is 29.7 Å². The number of amides is 1. The lowest BCUT2D eigenvalue weighted by atomic mass is 10.0. The summed E-state index contributed by atoms with van der Waals surface area (Å²) in [6.07, 6.45) is 2.47. The molecular weight excluding hydrogens is 378 g/mol. The van der Waals surface area contributed by atoms with Crippen molar-refractivity contribution in [2.75, 3.05) is 18.9 Å². The fourth-order valence-corrected chi connectivity index (χ4v) is 4.08. The highest BCUT2D eigenvalue weighted by Crippen LogP contribution is 2.24. The smallest absolute Gasteiger partial charge is 0.328 e. The Bertz CT molecular complexity index is 854. The number of hydrogen-bond donors (Lipinski definition) is 0. The zero-order chi connectivity index (χ0) is 20.1. The number of thioether (sulfide) groups is 1. The zero-order valence-electron chi connectivity index (χ0n) is 16.4. The molecule has 9 heteroatoms. The second-order valence-corrected chi connectivity index (χ2v) is 7.67. The highest BCUT2D eigenvalue weighted by atomic mass is 32.2. The Balaban J connectivity index is 1.71. The van der Waals surface area contributed by atoms with Crippen molar-refractivity contribution in [3.8, 4) is 5.69 Å². The first-order chi connectivity index (χ1) is 13.5. The van der Waals surface area contributed by atoms with Gasteiger partial charge in [-0.15, -0.1) is 5.10 Å². The monoisotopic (exact) mass is 403 g/mol. The van der Waals surface area contributed by atoms with Crippen molar-refractivity contribution in [2.45, 2.75) is 51.2 Å². The number of piperidine rings is 1. The molecule has 3 rings (SSSR count). The second-order valence-electron chi connectivity index (χ2n) is 6.73. The number of tetrazole rings is 1. The van der Waals surface area contributed by atoms with E-state index >= 15 is 0 Å². The van der Waals surface area contributed by atoms with Crippen LogP contribution < -0.4 is 0 Å². The molecule has 1 aromatic carbocycles. The Hall–Kier alpha value is -2.42. The molecule has 150 valence electrons. The maximum Gasteiger partial charge on any atom is 0.328 e. The lowest BCUT2D eigenvalue weighted by Crippen LogP contribution is -2.49. The molecular formula is C19H25N5O3S. The van der Waals surface area contributed by atoms with E-state index in [1.54, 1.807) is 16.5 Å². The number of rotatable bonds is 6. The minimum Gasteiger partial charge on any atom is -0.464 e. The molecule has 28 heavy (non-hydrogen) atoms. The number of aryl methyl sites for hydroxylation is 1. The number of ether oxygens (including phenoxy) is 1. The van der Waals surface area contributed by atoms with Crippen LogP contribution in [0.25, 0.3) is 5.69 Å². The molecule has 1 aliphatic heterocycles. The highest BCUT2D eigenvalue weighted by Gasteiger charge is 2.33. The molecule has 8 nitrogen and oxygen atoms in total. The van der Waals surface area contributed by atoms with Gasteiger partial charge >= 0.3 is 5.97 Å². The standard InChI is InChI=1S/C19H25N5O3S/c1-4-27-18(26)16-9-5-6-11-23(16)17(25)12-28-19-20-21-22-24(19)15-10-7-8-13(2)14(15)3/h7-8,10,16H,4-6,9,11-12H2,1-3H3/t16-/m1/s1. The van der Waals surface area contributed by atoms with E-state index in [2.05, 4.69) is 15.5 Å². The topological polar surface area (TPSA) is 90.2 Å². The Kier molecular flexibility index (Phi) is 6.66. The summed E-state index contributed by atoms with van der Waals surface area (Å²) in [5, 5.41) is 12.5. The zero-order valence-corrected chi connectivity index (χ0v) is 17.2. The largest absolute Gasteiger partial charge is 0.464 e. The molecule has 1 amide bonds. The summed E-state index contributed by atoms with van der Waals surface area (Å²) in [7, 11) is 0. The van der Waals surface area contributed by atoms with Crippen LogP contribution in [0.4, 0.5) is 0 Å². The lowest BCUT2D eigenvalue weighted by Gasteiger charge is -2.33. The number of likely N-dealkylation sites (tertiary alicyclic amines) is 1. The van der Waals surface area contributed by atoms with Crippen LogP contribution in [0.15, 0.2) is 23.4 Å². The van der Waals surface area contributed by atoms with Crippen molar-refractivity contribution in [2.24, 2.45) is 0 Å². The van der Waals surface area contributed by atoms with E-state index in [-0.39, 0.29) is 17.6 Å². The van der Waals surface area contributed by atoms with Crippen molar-refractivity contribution < 1.29 is 14.3 Å². The van der Waals surface area contributed by atoms with Gasteiger partial charge in [0.25, 0.3) is 0 Å². The predicted molar refractivity (Wildman–Crippen MR) is 105 cm³/mol. The fourth-order valence-electron chi connectivity index (χ4n) is 3.31. The average Bonchev–Trinajstić information content (AvgIpc) is 3.16. The molecule has 0 unspecified atom stereocenters. The van der Waals surface area contributed by atoms with Gasteiger partial charge in [-0.1, -0.05) is 23.9 Å². The van der Waals surface area contributed by atoms with Crippen LogP contribution in [0.5, 0.6) is 0 Å². The average molecular weight is 404 g/mol. The number of esters is 1.